The van der Waals surface area contributed by atoms with Crippen LogP contribution in [0.5, 0.6) is 0 Å². The summed E-state index contributed by atoms with van der Waals surface area (Å²) in [5, 5.41) is 2.72. The van der Waals surface area contributed by atoms with Gasteiger partial charge in [0.05, 0.1) is 13.2 Å². The van der Waals surface area contributed by atoms with Crippen molar-refractivity contribution in [2.75, 3.05) is 57.9 Å². The van der Waals surface area contributed by atoms with Gasteiger partial charge in [0.25, 0.3) is 5.91 Å². The molecule has 2 amide bonds. The fourth-order valence-electron chi connectivity index (χ4n) is 2.29. The molecule has 2 heterocycles. The molecule has 9 nitrogen and oxygen atoms in total. The highest BCUT2D eigenvalue weighted by Crippen LogP contribution is 2.12. The highest BCUT2D eigenvalue weighted by atomic mass is 16.6. The average molecular weight is 337 g/mol. The van der Waals surface area contributed by atoms with E-state index in [0.717, 1.165) is 0 Å². The van der Waals surface area contributed by atoms with Crippen molar-refractivity contribution in [3.63, 3.8) is 0 Å². The predicted molar refractivity (Wildman–Crippen MR) is 87.0 cm³/mol. The number of hydrogen-bond donors (Lipinski definition) is 1. The maximum atomic E-state index is 12.0. The standard InChI is InChI=1S/C15H23N5O4/c1-3-24-15(22)20-9-7-19(8-10-20)14-17-5-4-12(18-14)13(21)16-6-11-23-2/h4-5H,3,6-11H2,1-2H3,(H,16,21). The van der Waals surface area contributed by atoms with Crippen molar-refractivity contribution in [1.82, 2.24) is 20.2 Å². The van der Waals surface area contributed by atoms with Gasteiger partial charge in [0, 0.05) is 46.0 Å². The summed E-state index contributed by atoms with van der Waals surface area (Å²) in [5.74, 6) is 0.221. The van der Waals surface area contributed by atoms with E-state index >= 15 is 0 Å². The summed E-state index contributed by atoms with van der Waals surface area (Å²) in [6, 6.07) is 1.57. The highest BCUT2D eigenvalue weighted by Gasteiger charge is 2.23. The Morgan fingerprint density at radius 3 is 2.71 bits per heavy atom. The monoisotopic (exact) mass is 337 g/mol. The third-order valence-corrected chi connectivity index (χ3v) is 3.56. The molecule has 1 saturated heterocycles. The van der Waals surface area contributed by atoms with Crippen LogP contribution in [0.15, 0.2) is 12.3 Å². The number of nitrogens with one attached hydrogen (secondary N) is 1. The second-order valence-electron chi connectivity index (χ2n) is 5.16. The second kappa shape index (κ2) is 9.02. The summed E-state index contributed by atoms with van der Waals surface area (Å²) < 4.78 is 9.89. The number of hydrogen-bond acceptors (Lipinski definition) is 7. The van der Waals surface area contributed by atoms with E-state index in [2.05, 4.69) is 15.3 Å². The minimum atomic E-state index is -0.302. The number of nitrogens with zero attached hydrogens (tertiary/aromatic N) is 4. The molecule has 0 spiro atoms. The number of amides is 2. The molecular weight excluding hydrogens is 314 g/mol. The fraction of sp³-hybridized carbons (Fsp3) is 0.600. The van der Waals surface area contributed by atoms with Gasteiger partial charge in [-0.2, -0.15) is 0 Å². The Morgan fingerprint density at radius 1 is 1.29 bits per heavy atom. The van der Waals surface area contributed by atoms with Crippen LogP contribution in [0, 0.1) is 0 Å². The predicted octanol–water partition coefficient (Wildman–Crippen LogP) is 0.131. The van der Waals surface area contributed by atoms with E-state index in [-0.39, 0.29) is 12.0 Å². The summed E-state index contributed by atoms with van der Waals surface area (Å²) in [4.78, 5) is 35.9. The lowest BCUT2D eigenvalue weighted by Crippen LogP contribution is -2.49. The van der Waals surface area contributed by atoms with Gasteiger partial charge in [-0.1, -0.05) is 0 Å². The van der Waals surface area contributed by atoms with Crippen LogP contribution < -0.4 is 10.2 Å². The Morgan fingerprint density at radius 2 is 2.04 bits per heavy atom. The van der Waals surface area contributed by atoms with Gasteiger partial charge in [0.2, 0.25) is 5.95 Å². The fourth-order valence-corrected chi connectivity index (χ4v) is 2.29. The number of carbonyl (C=O) groups excluding carboxylic acids is 2. The molecule has 0 bridgehead atoms. The molecule has 0 unspecified atom stereocenters. The normalized spacial score (nSPS) is 14.4. The van der Waals surface area contributed by atoms with E-state index in [0.29, 0.717) is 57.6 Å². The van der Waals surface area contributed by atoms with Crippen molar-refractivity contribution in [3.8, 4) is 0 Å². The minimum absolute atomic E-state index is 0.263. The first-order chi connectivity index (χ1) is 11.7. The molecule has 24 heavy (non-hydrogen) atoms. The number of methoxy groups -OCH3 is 1. The van der Waals surface area contributed by atoms with E-state index in [1.807, 2.05) is 4.90 Å². The summed E-state index contributed by atoms with van der Waals surface area (Å²) in [5.41, 5.74) is 0.309. The molecule has 0 saturated carbocycles. The van der Waals surface area contributed by atoms with Crippen LogP contribution in [0.2, 0.25) is 0 Å². The van der Waals surface area contributed by atoms with Crippen molar-refractivity contribution in [2.45, 2.75) is 6.92 Å². The zero-order valence-electron chi connectivity index (χ0n) is 14.0. The van der Waals surface area contributed by atoms with Crippen LogP contribution in [0.1, 0.15) is 17.4 Å². The maximum Gasteiger partial charge on any atom is 0.409 e. The Bertz CT molecular complexity index is 561. The van der Waals surface area contributed by atoms with E-state index in [1.165, 1.54) is 0 Å². The molecule has 1 fully saturated rings. The van der Waals surface area contributed by atoms with Gasteiger partial charge in [-0.05, 0) is 13.0 Å². The Labute approximate surface area is 140 Å². The van der Waals surface area contributed by atoms with Crippen LogP contribution in [0.4, 0.5) is 10.7 Å². The van der Waals surface area contributed by atoms with E-state index in [9.17, 15) is 9.59 Å². The Balaban J connectivity index is 1.92. The molecular formula is C15H23N5O4. The summed E-state index contributed by atoms with van der Waals surface area (Å²) >= 11 is 0. The van der Waals surface area contributed by atoms with Crippen molar-refractivity contribution in [1.29, 1.82) is 0 Å². The largest absolute Gasteiger partial charge is 0.450 e. The molecule has 0 radical (unpaired) electrons. The minimum Gasteiger partial charge on any atom is -0.450 e. The molecule has 132 valence electrons. The number of carbonyl (C=O) groups is 2. The molecule has 1 aromatic heterocycles. The third-order valence-electron chi connectivity index (χ3n) is 3.56. The van der Waals surface area contributed by atoms with Crippen LogP contribution in [-0.2, 0) is 9.47 Å². The number of ether oxygens (including phenoxy) is 2. The third kappa shape index (κ3) is 4.79. The van der Waals surface area contributed by atoms with E-state index < -0.39 is 0 Å². The molecule has 9 heteroatoms. The number of aromatic nitrogens is 2. The van der Waals surface area contributed by atoms with Crippen LogP contribution in [-0.4, -0.2) is 79.9 Å². The first kappa shape index (κ1) is 17.9. The van der Waals surface area contributed by atoms with Gasteiger partial charge >= 0.3 is 6.09 Å². The molecule has 1 aromatic rings. The first-order valence-corrected chi connectivity index (χ1v) is 7.92. The molecule has 0 atom stereocenters. The quantitative estimate of drug-likeness (QED) is 0.737. The lowest BCUT2D eigenvalue weighted by Gasteiger charge is -2.34. The topological polar surface area (TPSA) is 96.9 Å². The zero-order valence-corrected chi connectivity index (χ0v) is 14.0. The number of rotatable bonds is 6. The number of anilines is 1. The highest BCUT2D eigenvalue weighted by molar-refractivity contribution is 5.92. The summed E-state index contributed by atoms with van der Waals surface area (Å²) in [6.07, 6.45) is 1.26. The number of piperazine rings is 1. The molecule has 0 aliphatic carbocycles. The molecule has 1 aliphatic rings. The van der Waals surface area contributed by atoms with Crippen molar-refractivity contribution >= 4 is 17.9 Å². The van der Waals surface area contributed by atoms with Gasteiger partial charge in [-0.15, -0.1) is 0 Å². The maximum absolute atomic E-state index is 12.0. The Kier molecular flexibility index (Phi) is 6.74. The average Bonchev–Trinajstić information content (AvgIpc) is 2.62. The SMILES string of the molecule is CCOC(=O)N1CCN(c2nccc(C(=O)NCCOC)n2)CC1. The molecule has 0 aromatic carbocycles. The van der Waals surface area contributed by atoms with E-state index in [4.69, 9.17) is 9.47 Å². The first-order valence-electron chi connectivity index (χ1n) is 7.92. The molecule has 1 aliphatic heterocycles. The smallest absolute Gasteiger partial charge is 0.409 e. The van der Waals surface area contributed by atoms with Gasteiger partial charge in [0.1, 0.15) is 5.69 Å². The van der Waals surface area contributed by atoms with Crippen LogP contribution in [0.3, 0.4) is 0 Å². The molecule has 1 N–H and O–H groups in total. The van der Waals surface area contributed by atoms with Crippen molar-refractivity contribution in [3.05, 3.63) is 18.0 Å². The summed E-state index contributed by atoms with van der Waals surface area (Å²) in [7, 11) is 1.57. The van der Waals surface area contributed by atoms with Gasteiger partial charge in [0.15, 0.2) is 0 Å². The lowest BCUT2D eigenvalue weighted by atomic mass is 10.3. The van der Waals surface area contributed by atoms with Crippen LogP contribution >= 0.6 is 0 Å². The lowest BCUT2D eigenvalue weighted by molar-refractivity contribution is 0.0932. The Hall–Kier alpha value is -2.42. The van der Waals surface area contributed by atoms with Crippen molar-refractivity contribution in [2.24, 2.45) is 0 Å². The summed E-state index contributed by atoms with van der Waals surface area (Å²) in [6.45, 7) is 5.26. The molecule has 2 rings (SSSR count). The second-order valence-corrected chi connectivity index (χ2v) is 5.16. The van der Waals surface area contributed by atoms with Crippen molar-refractivity contribution < 1.29 is 19.1 Å². The zero-order chi connectivity index (χ0) is 17.4. The van der Waals surface area contributed by atoms with Crippen LogP contribution in [0.25, 0.3) is 0 Å². The van der Waals surface area contributed by atoms with Gasteiger partial charge in [-0.3, -0.25) is 4.79 Å². The van der Waals surface area contributed by atoms with Gasteiger partial charge in [-0.25, -0.2) is 14.8 Å². The van der Waals surface area contributed by atoms with Gasteiger partial charge < -0.3 is 24.6 Å². The van der Waals surface area contributed by atoms with E-state index in [1.54, 1.807) is 31.2 Å².